The predicted octanol–water partition coefficient (Wildman–Crippen LogP) is 2.87. The summed E-state index contributed by atoms with van der Waals surface area (Å²) in [5.74, 6) is -0.303. The van der Waals surface area contributed by atoms with Crippen LogP contribution < -0.4 is 5.73 Å². The van der Waals surface area contributed by atoms with Gasteiger partial charge in [0.25, 0.3) is 0 Å². The van der Waals surface area contributed by atoms with E-state index in [4.69, 9.17) is 5.73 Å². The summed E-state index contributed by atoms with van der Waals surface area (Å²) in [6.45, 7) is 6.56. The van der Waals surface area contributed by atoms with Crippen molar-refractivity contribution in [1.29, 1.82) is 0 Å². The first-order valence-corrected chi connectivity index (χ1v) is 5.45. The SMILES string of the molecule is CC(C)(C)c1ccc(C=CCC(N)=O)cc1. The van der Waals surface area contributed by atoms with Gasteiger partial charge in [-0.1, -0.05) is 57.2 Å². The second-order valence-electron chi connectivity index (χ2n) is 4.94. The molecule has 86 valence electrons. The van der Waals surface area contributed by atoms with E-state index in [-0.39, 0.29) is 11.3 Å². The van der Waals surface area contributed by atoms with Gasteiger partial charge in [0.15, 0.2) is 0 Å². The maximum Gasteiger partial charge on any atom is 0.221 e. The standard InChI is InChI=1S/C14H19NO/c1-14(2,3)12-9-7-11(8-10-12)5-4-6-13(15)16/h4-5,7-10H,6H2,1-3H3,(H2,15,16). The fourth-order valence-electron chi connectivity index (χ4n) is 1.41. The van der Waals surface area contributed by atoms with Gasteiger partial charge in [0.1, 0.15) is 0 Å². The topological polar surface area (TPSA) is 43.1 Å². The van der Waals surface area contributed by atoms with Gasteiger partial charge in [-0.3, -0.25) is 4.79 Å². The van der Waals surface area contributed by atoms with Crippen molar-refractivity contribution in [3.05, 3.63) is 41.5 Å². The van der Waals surface area contributed by atoms with E-state index >= 15 is 0 Å². The molecule has 1 aromatic rings. The number of carbonyl (C=O) groups is 1. The number of rotatable bonds is 3. The molecule has 0 aromatic heterocycles. The zero-order valence-electron chi connectivity index (χ0n) is 10.2. The Morgan fingerprint density at radius 3 is 2.25 bits per heavy atom. The second-order valence-corrected chi connectivity index (χ2v) is 4.94. The van der Waals surface area contributed by atoms with Gasteiger partial charge in [0.05, 0.1) is 0 Å². The Labute approximate surface area is 97.2 Å². The molecule has 0 aliphatic rings. The van der Waals surface area contributed by atoms with Crippen molar-refractivity contribution < 1.29 is 4.79 Å². The number of nitrogens with two attached hydrogens (primary N) is 1. The molecule has 0 saturated heterocycles. The van der Waals surface area contributed by atoms with Crippen molar-refractivity contribution >= 4 is 12.0 Å². The van der Waals surface area contributed by atoms with Gasteiger partial charge < -0.3 is 5.73 Å². The van der Waals surface area contributed by atoms with Crippen molar-refractivity contribution in [2.45, 2.75) is 32.6 Å². The van der Waals surface area contributed by atoms with Crippen LogP contribution in [-0.4, -0.2) is 5.91 Å². The third-order valence-electron chi connectivity index (χ3n) is 2.41. The van der Waals surface area contributed by atoms with Crippen molar-refractivity contribution in [1.82, 2.24) is 0 Å². The van der Waals surface area contributed by atoms with Crippen LogP contribution in [-0.2, 0) is 10.2 Å². The van der Waals surface area contributed by atoms with Crippen LogP contribution in [0.3, 0.4) is 0 Å². The first-order valence-electron chi connectivity index (χ1n) is 5.45. The van der Waals surface area contributed by atoms with E-state index in [1.54, 1.807) is 6.08 Å². The molecule has 2 N–H and O–H groups in total. The van der Waals surface area contributed by atoms with Crippen molar-refractivity contribution in [3.63, 3.8) is 0 Å². The zero-order valence-corrected chi connectivity index (χ0v) is 10.2. The summed E-state index contributed by atoms with van der Waals surface area (Å²) < 4.78 is 0. The molecular weight excluding hydrogens is 198 g/mol. The highest BCUT2D eigenvalue weighted by molar-refractivity contribution is 5.76. The van der Waals surface area contributed by atoms with E-state index in [1.807, 2.05) is 6.08 Å². The molecule has 1 rings (SSSR count). The maximum atomic E-state index is 10.5. The van der Waals surface area contributed by atoms with Crippen molar-refractivity contribution in [2.75, 3.05) is 0 Å². The Morgan fingerprint density at radius 2 is 1.81 bits per heavy atom. The number of primary amides is 1. The summed E-state index contributed by atoms with van der Waals surface area (Å²) >= 11 is 0. The highest BCUT2D eigenvalue weighted by atomic mass is 16.1. The van der Waals surface area contributed by atoms with Crippen LogP contribution in [0.1, 0.15) is 38.3 Å². The molecular formula is C14H19NO. The maximum absolute atomic E-state index is 10.5. The first-order chi connectivity index (χ1) is 7.39. The van der Waals surface area contributed by atoms with Gasteiger partial charge in [-0.05, 0) is 16.5 Å². The molecule has 0 aliphatic carbocycles. The third-order valence-corrected chi connectivity index (χ3v) is 2.41. The first kappa shape index (κ1) is 12.5. The smallest absolute Gasteiger partial charge is 0.221 e. The minimum atomic E-state index is -0.303. The lowest BCUT2D eigenvalue weighted by atomic mass is 9.87. The summed E-state index contributed by atoms with van der Waals surface area (Å²) in [5.41, 5.74) is 7.62. The van der Waals surface area contributed by atoms with E-state index in [9.17, 15) is 4.79 Å². The number of benzene rings is 1. The van der Waals surface area contributed by atoms with E-state index in [1.165, 1.54) is 5.56 Å². The highest BCUT2D eigenvalue weighted by Gasteiger charge is 2.12. The molecule has 0 atom stereocenters. The molecule has 0 bridgehead atoms. The second kappa shape index (κ2) is 4.97. The predicted molar refractivity (Wildman–Crippen MR) is 68.0 cm³/mol. The summed E-state index contributed by atoms with van der Waals surface area (Å²) in [4.78, 5) is 10.5. The molecule has 2 heteroatoms. The Hall–Kier alpha value is -1.57. The van der Waals surface area contributed by atoms with Gasteiger partial charge in [-0.15, -0.1) is 0 Å². The van der Waals surface area contributed by atoms with Crippen LogP contribution in [0.15, 0.2) is 30.3 Å². The van der Waals surface area contributed by atoms with Crippen LogP contribution in [0, 0.1) is 0 Å². The van der Waals surface area contributed by atoms with E-state index in [0.717, 1.165) is 5.56 Å². The Balaban J connectivity index is 2.72. The summed E-state index contributed by atoms with van der Waals surface area (Å²) in [6.07, 6.45) is 3.99. The average molecular weight is 217 g/mol. The number of hydrogen-bond acceptors (Lipinski definition) is 1. The summed E-state index contributed by atoms with van der Waals surface area (Å²) in [5, 5.41) is 0. The Bertz CT molecular complexity index is 382. The molecule has 0 fully saturated rings. The Morgan fingerprint density at radius 1 is 1.25 bits per heavy atom. The van der Waals surface area contributed by atoms with E-state index < -0.39 is 0 Å². The quantitative estimate of drug-likeness (QED) is 0.831. The fraction of sp³-hybridized carbons (Fsp3) is 0.357. The lowest BCUT2D eigenvalue weighted by Gasteiger charge is -2.18. The fourth-order valence-corrected chi connectivity index (χ4v) is 1.41. The van der Waals surface area contributed by atoms with E-state index in [2.05, 4.69) is 45.0 Å². The number of amides is 1. The summed E-state index contributed by atoms with van der Waals surface area (Å²) in [7, 11) is 0. The van der Waals surface area contributed by atoms with Crippen LogP contribution >= 0.6 is 0 Å². The molecule has 2 nitrogen and oxygen atoms in total. The van der Waals surface area contributed by atoms with Gasteiger partial charge >= 0.3 is 0 Å². The molecule has 0 saturated carbocycles. The largest absolute Gasteiger partial charge is 0.369 e. The molecule has 1 amide bonds. The number of carbonyl (C=O) groups excluding carboxylic acids is 1. The minimum Gasteiger partial charge on any atom is -0.369 e. The third kappa shape index (κ3) is 3.89. The van der Waals surface area contributed by atoms with Gasteiger partial charge in [-0.2, -0.15) is 0 Å². The van der Waals surface area contributed by atoms with Gasteiger partial charge in [0.2, 0.25) is 5.91 Å². The normalized spacial score (nSPS) is 11.9. The molecule has 16 heavy (non-hydrogen) atoms. The van der Waals surface area contributed by atoms with Gasteiger partial charge in [0, 0.05) is 6.42 Å². The van der Waals surface area contributed by atoms with Crippen LogP contribution in [0.4, 0.5) is 0 Å². The van der Waals surface area contributed by atoms with Crippen LogP contribution in [0.2, 0.25) is 0 Å². The monoisotopic (exact) mass is 217 g/mol. The van der Waals surface area contributed by atoms with Crippen LogP contribution in [0.25, 0.3) is 6.08 Å². The summed E-state index contributed by atoms with van der Waals surface area (Å²) in [6, 6.07) is 8.34. The zero-order chi connectivity index (χ0) is 12.2. The molecule has 0 unspecified atom stereocenters. The van der Waals surface area contributed by atoms with Crippen LogP contribution in [0.5, 0.6) is 0 Å². The average Bonchev–Trinajstić information content (AvgIpc) is 2.16. The van der Waals surface area contributed by atoms with Crippen molar-refractivity contribution in [3.8, 4) is 0 Å². The molecule has 0 radical (unpaired) electrons. The highest BCUT2D eigenvalue weighted by Crippen LogP contribution is 2.22. The van der Waals surface area contributed by atoms with Crippen molar-refractivity contribution in [2.24, 2.45) is 5.73 Å². The number of hydrogen-bond donors (Lipinski definition) is 1. The molecule has 0 spiro atoms. The molecule has 0 heterocycles. The Kier molecular flexibility index (Phi) is 3.88. The lowest BCUT2D eigenvalue weighted by Crippen LogP contribution is -2.10. The lowest BCUT2D eigenvalue weighted by molar-refractivity contribution is -0.117. The van der Waals surface area contributed by atoms with E-state index in [0.29, 0.717) is 6.42 Å². The molecule has 0 aliphatic heterocycles. The minimum absolute atomic E-state index is 0.176. The molecule has 1 aromatic carbocycles. The van der Waals surface area contributed by atoms with Gasteiger partial charge in [-0.25, -0.2) is 0 Å².